The van der Waals surface area contributed by atoms with Crippen LogP contribution in [-0.4, -0.2) is 14.7 Å². The summed E-state index contributed by atoms with van der Waals surface area (Å²) >= 11 is 3.66. The lowest BCUT2D eigenvalue weighted by Crippen LogP contribution is -1.86. The summed E-state index contributed by atoms with van der Waals surface area (Å²) < 4.78 is 17.6. The number of phosphoric acid groups is 1. The van der Waals surface area contributed by atoms with Crippen molar-refractivity contribution in [1.82, 2.24) is 0 Å². The van der Waals surface area contributed by atoms with Gasteiger partial charge in [0.2, 0.25) is 0 Å². The van der Waals surface area contributed by atoms with Gasteiger partial charge in [0.15, 0.2) is 0 Å². The minimum absolute atomic E-state index is 0.287. The third-order valence-electron chi connectivity index (χ3n) is 0.351. The summed E-state index contributed by atoms with van der Waals surface area (Å²) in [5, 5.41) is 6.64. The van der Waals surface area contributed by atoms with Gasteiger partial charge in [0, 0.05) is 0 Å². The Bertz CT molecular complexity index is 209. The van der Waals surface area contributed by atoms with Crippen LogP contribution in [0, 0.1) is 5.16 Å². The van der Waals surface area contributed by atoms with Crippen LogP contribution in [-0.2, 0) is 12.8 Å². The second-order valence-electron chi connectivity index (χ2n) is 1.24. The predicted molar refractivity (Wildman–Crippen MR) is 42.6 cm³/mol. The van der Waals surface area contributed by atoms with Gasteiger partial charge >= 0.3 is 15.6 Å². The SMILES string of the molecule is N=P(O)(OSS)OP(=O)(O)O. The maximum atomic E-state index is 10.0. The molecule has 0 heterocycles. The molecule has 11 heavy (non-hydrogen) atoms. The largest absolute Gasteiger partial charge is 0.477 e. The average molecular weight is 241 g/mol. The lowest BCUT2D eigenvalue weighted by molar-refractivity contribution is 0.261. The summed E-state index contributed by atoms with van der Waals surface area (Å²) in [6.07, 6.45) is 0. The van der Waals surface area contributed by atoms with E-state index in [-0.39, 0.29) is 11.1 Å². The molecule has 0 radical (unpaired) electrons. The van der Waals surface area contributed by atoms with Gasteiger partial charge in [0.1, 0.15) is 0 Å². The minimum Gasteiger partial charge on any atom is -0.318 e. The summed E-state index contributed by atoms with van der Waals surface area (Å²) in [7, 11) is -9.07. The van der Waals surface area contributed by atoms with Crippen LogP contribution in [0.1, 0.15) is 0 Å². The zero-order valence-corrected chi connectivity index (χ0v) is 8.32. The van der Waals surface area contributed by atoms with Gasteiger partial charge in [-0.1, -0.05) is 11.7 Å². The first-order chi connectivity index (χ1) is 4.77. The van der Waals surface area contributed by atoms with Crippen LogP contribution < -0.4 is 0 Å². The van der Waals surface area contributed by atoms with Crippen molar-refractivity contribution in [3.05, 3.63) is 0 Å². The van der Waals surface area contributed by atoms with E-state index in [1.165, 1.54) is 0 Å². The van der Waals surface area contributed by atoms with E-state index < -0.39 is 15.6 Å². The highest BCUT2D eigenvalue weighted by molar-refractivity contribution is 8.67. The van der Waals surface area contributed by atoms with Gasteiger partial charge in [-0.15, -0.1) is 0 Å². The fourth-order valence-electron chi connectivity index (χ4n) is 0.203. The van der Waals surface area contributed by atoms with E-state index in [0.29, 0.717) is 0 Å². The Kier molecular flexibility index (Phi) is 4.64. The van der Waals surface area contributed by atoms with E-state index in [9.17, 15) is 4.57 Å². The van der Waals surface area contributed by atoms with Gasteiger partial charge in [-0.2, -0.15) is 0 Å². The molecule has 7 nitrogen and oxygen atoms in total. The van der Waals surface area contributed by atoms with Crippen LogP contribution in [0.5, 0.6) is 0 Å². The van der Waals surface area contributed by atoms with E-state index in [1.807, 2.05) is 0 Å². The van der Waals surface area contributed by atoms with Crippen molar-refractivity contribution in [2.24, 2.45) is 0 Å². The summed E-state index contributed by atoms with van der Waals surface area (Å²) in [5.41, 5.74) is 0. The number of thiol groups is 1. The van der Waals surface area contributed by atoms with E-state index in [4.69, 9.17) is 19.8 Å². The summed E-state index contributed by atoms with van der Waals surface area (Å²) in [5.74, 6) is 0. The molecule has 0 fully saturated rings. The van der Waals surface area contributed by atoms with Crippen LogP contribution in [0.3, 0.4) is 0 Å². The molecule has 0 aromatic carbocycles. The van der Waals surface area contributed by atoms with Crippen molar-refractivity contribution in [2.45, 2.75) is 0 Å². The zero-order chi connectivity index (χ0) is 9.12. The molecule has 11 heteroatoms. The molecular weight excluding hydrogens is 236 g/mol. The van der Waals surface area contributed by atoms with Crippen LogP contribution in [0.4, 0.5) is 0 Å². The van der Waals surface area contributed by atoms with Crippen molar-refractivity contribution in [3.63, 3.8) is 0 Å². The first-order valence-corrected chi connectivity index (χ1v) is 6.80. The first kappa shape index (κ1) is 12.0. The Morgan fingerprint density at radius 1 is 1.45 bits per heavy atom. The van der Waals surface area contributed by atoms with Gasteiger partial charge in [-0.3, -0.25) is 0 Å². The zero-order valence-electron chi connectivity index (χ0n) is 4.82. The van der Waals surface area contributed by atoms with Crippen LogP contribution in [0.2, 0.25) is 0 Å². The Hall–Kier alpha value is 0.960. The molecule has 0 aromatic rings. The molecule has 1 unspecified atom stereocenters. The highest BCUT2D eigenvalue weighted by atomic mass is 33.1. The molecule has 0 aliphatic rings. The normalized spacial score (nSPS) is 17.8. The standard InChI is InChI=1S/H5NO6P2S2/c1-8(2,7-11-10)6-9(3,4)5/h10H,(H2,1,2)(H2,3,4,5). The highest BCUT2D eigenvalue weighted by Crippen LogP contribution is 2.60. The fourth-order valence-corrected chi connectivity index (χ4v) is 2.88. The van der Waals surface area contributed by atoms with Crippen molar-refractivity contribution in [2.75, 3.05) is 0 Å². The van der Waals surface area contributed by atoms with E-state index >= 15 is 0 Å². The lowest BCUT2D eigenvalue weighted by atomic mass is 14.0. The Labute approximate surface area is 71.5 Å². The van der Waals surface area contributed by atoms with E-state index in [1.54, 1.807) is 0 Å². The van der Waals surface area contributed by atoms with Gasteiger partial charge in [0.25, 0.3) is 0 Å². The van der Waals surface area contributed by atoms with Gasteiger partial charge in [-0.25, -0.2) is 18.0 Å². The molecule has 0 saturated heterocycles. The number of rotatable bonds is 4. The Morgan fingerprint density at radius 2 is 1.91 bits per heavy atom. The first-order valence-electron chi connectivity index (χ1n) is 1.90. The minimum atomic E-state index is -4.88. The monoisotopic (exact) mass is 241 g/mol. The molecule has 0 bridgehead atoms. The molecule has 0 amide bonds. The second-order valence-corrected chi connectivity index (χ2v) is 5.11. The summed E-state index contributed by atoms with van der Waals surface area (Å²) in [6, 6.07) is 0. The maximum Gasteiger partial charge on any atom is 0.477 e. The molecule has 0 aliphatic carbocycles. The number of nitrogens with one attached hydrogen (secondary N) is 1. The van der Waals surface area contributed by atoms with Crippen LogP contribution >= 0.6 is 38.3 Å². The van der Waals surface area contributed by atoms with Crippen LogP contribution in [0.15, 0.2) is 0 Å². The predicted octanol–water partition coefficient (Wildman–Crippen LogP) is 1.12. The smallest absolute Gasteiger partial charge is 0.318 e. The maximum absolute atomic E-state index is 10.0. The van der Waals surface area contributed by atoms with Crippen molar-refractivity contribution in [1.29, 1.82) is 5.16 Å². The van der Waals surface area contributed by atoms with Crippen LogP contribution in [0.25, 0.3) is 0 Å². The molecule has 4 N–H and O–H groups in total. The van der Waals surface area contributed by atoms with Gasteiger partial charge in [-0.05, 0) is 0 Å². The number of hydrogen-bond donors (Lipinski definition) is 5. The summed E-state index contributed by atoms with van der Waals surface area (Å²) in [4.78, 5) is 24.8. The molecule has 68 valence electrons. The molecular formula is H5NO6P2S2. The molecule has 0 aromatic heterocycles. The fraction of sp³-hybridized carbons (Fsp3) is 0. The highest BCUT2D eigenvalue weighted by Gasteiger charge is 2.28. The topological polar surface area (TPSA) is 120 Å². The van der Waals surface area contributed by atoms with Crippen molar-refractivity contribution in [3.8, 4) is 0 Å². The second kappa shape index (κ2) is 4.27. The van der Waals surface area contributed by atoms with E-state index in [2.05, 4.69) is 19.9 Å². The molecule has 0 aliphatic heterocycles. The number of hydrogen-bond acceptors (Lipinski definition) is 6. The quantitative estimate of drug-likeness (QED) is 0.216. The molecule has 0 saturated carbocycles. The molecule has 1 atom stereocenters. The lowest BCUT2D eigenvalue weighted by Gasteiger charge is -2.12. The average Bonchev–Trinajstić information content (AvgIpc) is 1.55. The Balaban J connectivity index is 4.14. The molecule has 0 rings (SSSR count). The van der Waals surface area contributed by atoms with Crippen molar-refractivity contribution >= 4 is 38.3 Å². The molecule has 0 spiro atoms. The van der Waals surface area contributed by atoms with Gasteiger partial charge < -0.3 is 14.7 Å². The van der Waals surface area contributed by atoms with Gasteiger partial charge in [0.05, 0.1) is 11.1 Å². The van der Waals surface area contributed by atoms with E-state index in [0.717, 1.165) is 0 Å². The Morgan fingerprint density at radius 3 is 2.18 bits per heavy atom. The third-order valence-corrected chi connectivity index (χ3v) is 3.76. The summed E-state index contributed by atoms with van der Waals surface area (Å²) in [6.45, 7) is 0. The van der Waals surface area contributed by atoms with Crippen molar-refractivity contribution < 1.29 is 27.5 Å². The third kappa shape index (κ3) is 7.32.